The number of rotatable bonds is 4. The van der Waals surface area contributed by atoms with E-state index in [1.165, 1.54) is 41.8 Å². The van der Waals surface area contributed by atoms with Crippen LogP contribution in [-0.4, -0.2) is 16.4 Å². The minimum absolute atomic E-state index is 0.974. The molecule has 0 saturated carbocycles. The monoisotopic (exact) mass is 695 g/mol. The molecule has 0 fully saturated rings. The Morgan fingerprint density at radius 2 is 0.938 bits per heavy atom. The fraction of sp³-hybridized carbons (Fsp3) is 0.308. The molecule has 3 aromatic rings. The van der Waals surface area contributed by atoms with Crippen LogP contribution in [0.4, 0.5) is 11.4 Å². The van der Waals surface area contributed by atoms with E-state index in [0.29, 0.717) is 0 Å². The number of benzene rings is 2. The molecule has 0 radical (unpaired) electrons. The zero-order valence-corrected chi connectivity index (χ0v) is 25.4. The molecule has 2 aromatic carbocycles. The number of halogens is 2. The van der Waals surface area contributed by atoms with E-state index in [0.717, 1.165) is 34.2 Å². The molecule has 0 spiro atoms. The molecule has 0 atom stereocenters. The van der Waals surface area contributed by atoms with Gasteiger partial charge in [0.2, 0.25) is 0 Å². The molecule has 0 saturated heterocycles. The van der Waals surface area contributed by atoms with Crippen LogP contribution in [0.3, 0.4) is 0 Å². The molecule has 0 bridgehead atoms. The Morgan fingerprint density at radius 3 is 1.22 bits per heavy atom. The number of nitrogens with zero attached hydrogens (tertiary/aromatic N) is 2. The van der Waals surface area contributed by atoms with Crippen LogP contribution >= 0.6 is 40.7 Å². The number of aliphatic imine (C=N–C) groups is 2. The van der Waals surface area contributed by atoms with Crippen LogP contribution in [0.2, 0.25) is 0 Å². The molecule has 3 rings (SSSR count). The standard InChI is InChI=1S/C26H31N3.Fe.2HI/c1-15-11-17(3)25(18(4)12-15)27-21(7)23-9-10-24(29-23)22(8)28-26-19(5)13-16(2)14-20(26)6;;;/h9-14,29H,1-8H3;;2*1H/q;+2;;/p-2. The zero-order chi connectivity index (χ0) is 24.0. The Hall–Kier alpha value is -0.961. The topological polar surface area (TPSA) is 40.5 Å². The van der Waals surface area contributed by atoms with E-state index in [2.05, 4.69) is 137 Å². The van der Waals surface area contributed by atoms with Crippen LogP contribution in [0.5, 0.6) is 0 Å². The van der Waals surface area contributed by atoms with E-state index in [9.17, 15) is 0 Å². The van der Waals surface area contributed by atoms with Crippen molar-refractivity contribution in [1.29, 1.82) is 0 Å². The summed E-state index contributed by atoms with van der Waals surface area (Å²) in [5.74, 6) is 0. The fourth-order valence-corrected chi connectivity index (χ4v) is 3.97. The van der Waals surface area contributed by atoms with Crippen LogP contribution in [0.1, 0.15) is 58.6 Å². The van der Waals surface area contributed by atoms with E-state index >= 15 is 0 Å². The maximum atomic E-state index is 4.91. The molecule has 1 aromatic heterocycles. The van der Waals surface area contributed by atoms with Gasteiger partial charge in [-0.2, -0.15) is 0 Å². The molecule has 172 valence electrons. The second kappa shape index (κ2) is 12.5. The van der Waals surface area contributed by atoms with Crippen molar-refractivity contribution in [3.8, 4) is 0 Å². The second-order valence-electron chi connectivity index (χ2n) is 8.23. The summed E-state index contributed by atoms with van der Waals surface area (Å²) < 4.78 is 0. The van der Waals surface area contributed by atoms with E-state index in [-0.39, 0.29) is 0 Å². The van der Waals surface area contributed by atoms with Gasteiger partial charge in [0.05, 0.1) is 34.2 Å². The van der Waals surface area contributed by atoms with Crippen molar-refractivity contribution in [3.05, 3.63) is 81.2 Å². The van der Waals surface area contributed by atoms with Gasteiger partial charge in [0, 0.05) is 0 Å². The van der Waals surface area contributed by atoms with Gasteiger partial charge >= 0.3 is 49.1 Å². The van der Waals surface area contributed by atoms with Gasteiger partial charge in [-0.3, -0.25) is 9.98 Å². The Bertz CT molecular complexity index is 1030. The van der Waals surface area contributed by atoms with Crippen molar-refractivity contribution < 1.29 is 8.46 Å². The summed E-state index contributed by atoms with van der Waals surface area (Å²) in [4.78, 5) is 13.3. The summed E-state index contributed by atoms with van der Waals surface area (Å²) in [7, 11) is 1.19. The third-order valence-electron chi connectivity index (χ3n) is 5.30. The molecular weight excluding hydrogens is 664 g/mol. The maximum absolute atomic E-state index is 4.91. The van der Waals surface area contributed by atoms with Gasteiger partial charge in [0.1, 0.15) is 0 Å². The van der Waals surface area contributed by atoms with Crippen molar-refractivity contribution in [3.63, 3.8) is 0 Å². The first-order valence-electron chi connectivity index (χ1n) is 10.4. The second-order valence-corrected chi connectivity index (χ2v) is 17.5. The van der Waals surface area contributed by atoms with Crippen molar-refractivity contribution >= 4 is 63.5 Å². The Balaban J connectivity index is 0.00000114. The number of nitrogens with one attached hydrogen (secondary N) is 1. The molecule has 0 unspecified atom stereocenters. The molecule has 0 aliphatic rings. The van der Waals surface area contributed by atoms with Crippen molar-refractivity contribution in [2.24, 2.45) is 9.98 Å². The Kier molecular flexibility index (Phi) is 10.6. The van der Waals surface area contributed by atoms with Crippen LogP contribution in [0.15, 0.2) is 46.4 Å². The van der Waals surface area contributed by atoms with Crippen LogP contribution in [-0.2, 0) is 8.46 Å². The van der Waals surface area contributed by atoms with Gasteiger partial charge in [0.25, 0.3) is 0 Å². The number of aromatic nitrogens is 1. The molecule has 0 amide bonds. The number of hydrogen-bond acceptors (Lipinski definition) is 2. The SMILES string of the molecule is CC(=Nc1c(C)cc(C)cc1C)c1ccc(C(C)=Nc2c(C)cc(C)cc2C)[nH]1.[I][Fe][I]. The molecule has 0 aliphatic carbocycles. The third-order valence-corrected chi connectivity index (χ3v) is 5.30. The number of aromatic amines is 1. The molecule has 1 heterocycles. The summed E-state index contributed by atoms with van der Waals surface area (Å²) in [6.45, 7) is 16.8. The molecule has 1 N–H and O–H groups in total. The Morgan fingerprint density at radius 1 is 0.656 bits per heavy atom. The van der Waals surface area contributed by atoms with Gasteiger partial charge < -0.3 is 4.98 Å². The summed E-state index contributed by atoms with van der Waals surface area (Å²) in [6, 6.07) is 12.9. The van der Waals surface area contributed by atoms with Crippen molar-refractivity contribution in [2.45, 2.75) is 55.4 Å². The van der Waals surface area contributed by atoms with Gasteiger partial charge in [0.15, 0.2) is 0 Å². The first kappa shape index (κ1) is 27.3. The van der Waals surface area contributed by atoms with E-state index < -0.39 is 0 Å². The van der Waals surface area contributed by atoms with E-state index in [1.54, 1.807) is 0 Å². The first-order valence-corrected chi connectivity index (χ1v) is 17.5. The molecule has 0 aliphatic heterocycles. The minimum atomic E-state index is 0.974. The number of H-pyrrole nitrogens is 1. The summed E-state index contributed by atoms with van der Waals surface area (Å²) >= 11 is 4.55. The fourth-order valence-electron chi connectivity index (χ4n) is 3.97. The normalized spacial score (nSPS) is 12.1. The number of hydrogen-bond donors (Lipinski definition) is 1. The van der Waals surface area contributed by atoms with Gasteiger partial charge in [-0.1, -0.05) is 35.4 Å². The summed E-state index contributed by atoms with van der Waals surface area (Å²) in [5.41, 5.74) is 13.5. The molecule has 32 heavy (non-hydrogen) atoms. The molecule has 6 heteroatoms. The summed E-state index contributed by atoms with van der Waals surface area (Å²) in [6.07, 6.45) is 0. The van der Waals surface area contributed by atoms with Crippen molar-refractivity contribution in [2.75, 3.05) is 0 Å². The average Bonchev–Trinajstić information content (AvgIpc) is 3.18. The van der Waals surface area contributed by atoms with Gasteiger partial charge in [-0.25, -0.2) is 0 Å². The Labute approximate surface area is 221 Å². The first-order chi connectivity index (χ1) is 15.1. The average molecular weight is 695 g/mol. The molecular formula is C26H31FeI2N3. The summed E-state index contributed by atoms with van der Waals surface area (Å²) in [5, 5.41) is 0. The third kappa shape index (κ3) is 7.27. The number of aryl methyl sites for hydroxylation is 6. The van der Waals surface area contributed by atoms with Gasteiger partial charge in [-0.15, -0.1) is 0 Å². The van der Waals surface area contributed by atoms with Crippen LogP contribution < -0.4 is 0 Å². The van der Waals surface area contributed by atoms with E-state index in [4.69, 9.17) is 9.98 Å². The quantitative estimate of drug-likeness (QED) is 0.161. The predicted molar refractivity (Wildman–Crippen MR) is 154 cm³/mol. The molecule has 3 nitrogen and oxygen atoms in total. The van der Waals surface area contributed by atoms with Crippen molar-refractivity contribution in [1.82, 2.24) is 4.98 Å². The zero-order valence-electron chi connectivity index (χ0n) is 20.0. The van der Waals surface area contributed by atoms with E-state index in [1.807, 2.05) is 0 Å². The predicted octanol–water partition coefficient (Wildman–Crippen LogP) is 8.92. The van der Waals surface area contributed by atoms with Crippen LogP contribution in [0.25, 0.3) is 0 Å². The van der Waals surface area contributed by atoms with Gasteiger partial charge in [-0.05, 0) is 89.8 Å². The van der Waals surface area contributed by atoms with Crippen LogP contribution in [0, 0.1) is 41.5 Å².